The molecule has 1 amide bonds. The van der Waals surface area contributed by atoms with E-state index in [0.29, 0.717) is 18.0 Å². The van der Waals surface area contributed by atoms with Crippen molar-refractivity contribution in [2.24, 2.45) is 11.7 Å². The Labute approximate surface area is 112 Å². The second-order valence-corrected chi connectivity index (χ2v) is 5.09. The summed E-state index contributed by atoms with van der Waals surface area (Å²) in [6, 6.07) is 9.42. The highest BCUT2D eigenvalue weighted by Crippen LogP contribution is 2.31. The molecule has 3 N–H and O–H groups in total. The van der Waals surface area contributed by atoms with E-state index in [1.54, 1.807) is 6.20 Å². The first-order valence-electron chi connectivity index (χ1n) is 6.63. The van der Waals surface area contributed by atoms with Crippen molar-refractivity contribution < 1.29 is 4.79 Å². The average Bonchev–Trinajstić information content (AvgIpc) is 3.28. The molecule has 0 spiro atoms. The van der Waals surface area contributed by atoms with E-state index in [2.05, 4.69) is 10.3 Å². The Bertz CT molecular complexity index is 602. The summed E-state index contributed by atoms with van der Waals surface area (Å²) in [5.41, 5.74) is 7.49. The van der Waals surface area contributed by atoms with Crippen LogP contribution in [0.3, 0.4) is 0 Å². The van der Waals surface area contributed by atoms with Gasteiger partial charge in [-0.1, -0.05) is 12.1 Å². The van der Waals surface area contributed by atoms with Crippen LogP contribution in [0.25, 0.3) is 10.9 Å². The Morgan fingerprint density at radius 2 is 2.21 bits per heavy atom. The predicted octanol–water partition coefficient (Wildman–Crippen LogP) is 1.70. The number of carbonyl (C=O) groups excluding carboxylic acids is 1. The Balaban J connectivity index is 1.77. The number of pyridine rings is 1. The molecule has 19 heavy (non-hydrogen) atoms. The quantitative estimate of drug-likeness (QED) is 0.873. The Kier molecular flexibility index (Phi) is 3.17. The third kappa shape index (κ3) is 2.58. The zero-order valence-electron chi connectivity index (χ0n) is 10.7. The summed E-state index contributed by atoms with van der Waals surface area (Å²) >= 11 is 0. The van der Waals surface area contributed by atoms with Crippen LogP contribution in [-0.4, -0.2) is 23.5 Å². The molecule has 1 unspecified atom stereocenters. The smallest absolute Gasteiger partial charge is 0.252 e. The number of nitrogens with zero attached hydrogens (tertiary/aromatic N) is 1. The first-order chi connectivity index (χ1) is 9.25. The molecule has 0 radical (unpaired) electrons. The van der Waals surface area contributed by atoms with E-state index in [-0.39, 0.29) is 11.9 Å². The number of aromatic nitrogens is 1. The zero-order chi connectivity index (χ0) is 13.2. The molecule has 98 valence electrons. The number of benzene rings is 1. The highest BCUT2D eigenvalue weighted by atomic mass is 16.1. The van der Waals surface area contributed by atoms with Crippen LogP contribution in [0.1, 0.15) is 23.2 Å². The van der Waals surface area contributed by atoms with Crippen molar-refractivity contribution in [1.82, 2.24) is 10.3 Å². The Hall–Kier alpha value is -1.94. The summed E-state index contributed by atoms with van der Waals surface area (Å²) in [6.07, 6.45) is 4.11. The van der Waals surface area contributed by atoms with Gasteiger partial charge in [0, 0.05) is 29.7 Å². The summed E-state index contributed by atoms with van der Waals surface area (Å²) in [4.78, 5) is 16.5. The van der Waals surface area contributed by atoms with Gasteiger partial charge in [0.1, 0.15) is 0 Å². The summed E-state index contributed by atoms with van der Waals surface area (Å²) in [5, 5.41) is 3.80. The average molecular weight is 255 g/mol. The third-order valence-corrected chi connectivity index (χ3v) is 3.62. The molecule has 4 heteroatoms. The number of fused-ring (bicyclic) bond motifs is 1. The maximum atomic E-state index is 12.2. The zero-order valence-corrected chi connectivity index (χ0v) is 10.7. The molecule has 1 aromatic carbocycles. The molecule has 1 aliphatic carbocycles. The summed E-state index contributed by atoms with van der Waals surface area (Å²) in [6.45, 7) is 0.542. The first kappa shape index (κ1) is 12.1. The van der Waals surface area contributed by atoms with E-state index in [0.717, 1.165) is 10.9 Å². The number of nitrogens with two attached hydrogens (primary N) is 1. The van der Waals surface area contributed by atoms with Crippen molar-refractivity contribution in [2.45, 2.75) is 18.9 Å². The molecular formula is C15H17N3O. The Morgan fingerprint density at radius 1 is 1.37 bits per heavy atom. The van der Waals surface area contributed by atoms with Crippen molar-refractivity contribution in [1.29, 1.82) is 0 Å². The van der Waals surface area contributed by atoms with Gasteiger partial charge in [0.15, 0.2) is 0 Å². The lowest BCUT2D eigenvalue weighted by Crippen LogP contribution is -2.38. The molecule has 0 aliphatic heterocycles. The highest BCUT2D eigenvalue weighted by Gasteiger charge is 2.28. The normalized spacial score (nSPS) is 16.3. The lowest BCUT2D eigenvalue weighted by Gasteiger charge is -2.12. The summed E-state index contributed by atoms with van der Waals surface area (Å²) in [5.74, 6) is 0.518. The van der Waals surface area contributed by atoms with E-state index < -0.39 is 0 Å². The van der Waals surface area contributed by atoms with Crippen LogP contribution < -0.4 is 11.1 Å². The molecule has 1 heterocycles. The standard InChI is InChI=1S/C15H17N3O/c16-13(10-6-7-10)9-18-15(19)12-3-1-5-14-11(12)4-2-8-17-14/h1-5,8,10,13H,6-7,9,16H2,(H,18,19). The van der Waals surface area contributed by atoms with Gasteiger partial charge in [0.05, 0.1) is 5.52 Å². The van der Waals surface area contributed by atoms with Crippen LogP contribution in [0.5, 0.6) is 0 Å². The largest absolute Gasteiger partial charge is 0.350 e. The van der Waals surface area contributed by atoms with Gasteiger partial charge >= 0.3 is 0 Å². The monoisotopic (exact) mass is 255 g/mol. The molecule has 2 aromatic rings. The van der Waals surface area contributed by atoms with Gasteiger partial charge in [0.2, 0.25) is 0 Å². The van der Waals surface area contributed by atoms with Gasteiger partial charge in [-0.05, 0) is 37.0 Å². The van der Waals surface area contributed by atoms with E-state index in [4.69, 9.17) is 5.73 Å². The fraction of sp³-hybridized carbons (Fsp3) is 0.333. The lowest BCUT2D eigenvalue weighted by molar-refractivity contribution is 0.0952. The molecule has 1 atom stereocenters. The van der Waals surface area contributed by atoms with Crippen LogP contribution in [0.15, 0.2) is 36.5 Å². The van der Waals surface area contributed by atoms with Gasteiger partial charge in [-0.15, -0.1) is 0 Å². The van der Waals surface area contributed by atoms with Crippen LogP contribution in [0, 0.1) is 5.92 Å². The fourth-order valence-corrected chi connectivity index (χ4v) is 2.30. The molecule has 0 saturated heterocycles. The van der Waals surface area contributed by atoms with E-state index in [1.165, 1.54) is 12.8 Å². The molecule has 3 rings (SSSR count). The van der Waals surface area contributed by atoms with E-state index in [1.807, 2.05) is 30.3 Å². The molecule has 1 fully saturated rings. The molecule has 4 nitrogen and oxygen atoms in total. The fourth-order valence-electron chi connectivity index (χ4n) is 2.30. The van der Waals surface area contributed by atoms with Crippen molar-refractivity contribution in [3.8, 4) is 0 Å². The Morgan fingerprint density at radius 3 is 3.00 bits per heavy atom. The minimum atomic E-state index is -0.0744. The maximum Gasteiger partial charge on any atom is 0.252 e. The second-order valence-electron chi connectivity index (χ2n) is 5.09. The van der Waals surface area contributed by atoms with Gasteiger partial charge in [-0.2, -0.15) is 0 Å². The van der Waals surface area contributed by atoms with Crippen LogP contribution in [0.2, 0.25) is 0 Å². The number of amides is 1. The van der Waals surface area contributed by atoms with Gasteiger partial charge in [-0.25, -0.2) is 0 Å². The van der Waals surface area contributed by atoms with Crippen molar-refractivity contribution in [3.63, 3.8) is 0 Å². The van der Waals surface area contributed by atoms with Gasteiger partial charge < -0.3 is 11.1 Å². The van der Waals surface area contributed by atoms with Crippen LogP contribution in [0.4, 0.5) is 0 Å². The molecule has 0 bridgehead atoms. The summed E-state index contributed by atoms with van der Waals surface area (Å²) < 4.78 is 0. The van der Waals surface area contributed by atoms with Crippen molar-refractivity contribution in [2.75, 3.05) is 6.54 Å². The number of hydrogen-bond donors (Lipinski definition) is 2. The molecule has 1 aromatic heterocycles. The number of hydrogen-bond acceptors (Lipinski definition) is 3. The maximum absolute atomic E-state index is 12.2. The molecule has 1 saturated carbocycles. The lowest BCUT2D eigenvalue weighted by atomic mass is 10.1. The van der Waals surface area contributed by atoms with Crippen molar-refractivity contribution in [3.05, 3.63) is 42.1 Å². The van der Waals surface area contributed by atoms with Gasteiger partial charge in [0.25, 0.3) is 5.91 Å². The molecule has 1 aliphatic rings. The molecular weight excluding hydrogens is 238 g/mol. The minimum absolute atomic E-state index is 0.0744. The van der Waals surface area contributed by atoms with E-state index in [9.17, 15) is 4.79 Å². The second kappa shape index (κ2) is 4.97. The SMILES string of the molecule is NC(CNC(=O)c1cccc2ncccc12)C1CC1. The number of rotatable bonds is 4. The highest BCUT2D eigenvalue weighted by molar-refractivity contribution is 6.06. The number of carbonyl (C=O) groups is 1. The van der Waals surface area contributed by atoms with Crippen LogP contribution in [-0.2, 0) is 0 Å². The third-order valence-electron chi connectivity index (χ3n) is 3.62. The minimum Gasteiger partial charge on any atom is -0.350 e. The van der Waals surface area contributed by atoms with Crippen LogP contribution >= 0.6 is 0 Å². The van der Waals surface area contributed by atoms with Gasteiger partial charge in [-0.3, -0.25) is 9.78 Å². The summed E-state index contributed by atoms with van der Waals surface area (Å²) in [7, 11) is 0. The topological polar surface area (TPSA) is 68.0 Å². The number of nitrogens with one attached hydrogen (secondary N) is 1. The predicted molar refractivity (Wildman–Crippen MR) is 74.8 cm³/mol. The first-order valence-corrected chi connectivity index (χ1v) is 6.63. The van der Waals surface area contributed by atoms with E-state index >= 15 is 0 Å². The van der Waals surface area contributed by atoms with Crippen molar-refractivity contribution >= 4 is 16.8 Å².